The Bertz CT molecular complexity index is 160. The monoisotopic (exact) mass is 242 g/mol. The van der Waals surface area contributed by atoms with E-state index >= 15 is 0 Å². The van der Waals surface area contributed by atoms with Crippen LogP contribution in [0.1, 0.15) is 0 Å². The number of hydrogen-bond donors (Lipinski definition) is 0. The van der Waals surface area contributed by atoms with Gasteiger partial charge in [0.25, 0.3) is 0 Å². The van der Waals surface area contributed by atoms with Gasteiger partial charge in [-0.2, -0.15) is 0 Å². The Morgan fingerprint density at radius 2 is 1.42 bits per heavy atom. The van der Waals surface area contributed by atoms with Crippen molar-refractivity contribution < 1.29 is 21.5 Å². The molecule has 0 heterocycles. The second-order valence-electron chi connectivity index (χ2n) is 3.45. The van der Waals surface area contributed by atoms with Gasteiger partial charge in [-0.25, -0.2) is 0 Å². The van der Waals surface area contributed by atoms with Crippen molar-refractivity contribution in [1.29, 1.82) is 0 Å². The zero-order chi connectivity index (χ0) is 9.61. The van der Waals surface area contributed by atoms with Crippen molar-refractivity contribution in [1.82, 2.24) is 0 Å². The van der Waals surface area contributed by atoms with Crippen molar-refractivity contribution in [2.75, 3.05) is 21.1 Å². The van der Waals surface area contributed by atoms with Crippen LogP contribution in [0.4, 0.5) is 0 Å². The third-order valence-electron chi connectivity index (χ3n) is 1.62. The molecule has 0 fully saturated rings. The molecule has 0 unspecified atom stereocenters. The van der Waals surface area contributed by atoms with Gasteiger partial charge >= 0.3 is 35.6 Å². The minimum atomic E-state index is -0.556. The summed E-state index contributed by atoms with van der Waals surface area (Å²) in [5.74, 6) is 0. The van der Waals surface area contributed by atoms with Crippen LogP contribution in [-0.2, 0) is 17.0 Å². The summed E-state index contributed by atoms with van der Waals surface area (Å²) in [6.07, 6.45) is 8.66. The van der Waals surface area contributed by atoms with E-state index in [4.69, 9.17) is 18.6 Å². The van der Waals surface area contributed by atoms with Crippen LogP contribution in [0.25, 0.3) is 0 Å². The molecule has 0 saturated heterocycles. The molecular formula is C8H14Cl2NTi+. The Kier molecular flexibility index (Phi) is 6.61. The maximum atomic E-state index is 4.89. The van der Waals surface area contributed by atoms with Gasteiger partial charge in [-0.05, 0) is 12.2 Å². The van der Waals surface area contributed by atoms with Crippen LogP contribution in [0.3, 0.4) is 0 Å². The molecule has 0 amide bonds. The first-order valence-corrected chi connectivity index (χ1v) is 7.94. The third-order valence-corrected chi connectivity index (χ3v) is 1.62. The molecule has 68 valence electrons. The molecule has 0 atom stereocenters. The number of rotatable bonds is 1. The van der Waals surface area contributed by atoms with Gasteiger partial charge in [0.1, 0.15) is 6.04 Å². The summed E-state index contributed by atoms with van der Waals surface area (Å²) in [6, 6.07) is 0.588. The van der Waals surface area contributed by atoms with E-state index in [0.29, 0.717) is 6.04 Å². The average molecular weight is 243 g/mol. The van der Waals surface area contributed by atoms with Crippen molar-refractivity contribution in [2.45, 2.75) is 6.04 Å². The Morgan fingerprint density at radius 1 is 1.08 bits per heavy atom. The fourth-order valence-electron chi connectivity index (χ4n) is 0.937. The Balaban J connectivity index is 0.000000354. The van der Waals surface area contributed by atoms with Gasteiger partial charge < -0.3 is 4.48 Å². The van der Waals surface area contributed by atoms with Gasteiger partial charge in [0.2, 0.25) is 0 Å². The first kappa shape index (κ1) is 12.7. The molecule has 0 bridgehead atoms. The predicted octanol–water partition coefficient (Wildman–Crippen LogP) is 2.56. The number of halogens is 2. The Labute approximate surface area is 91.3 Å². The maximum absolute atomic E-state index is 4.89. The van der Waals surface area contributed by atoms with Gasteiger partial charge in [0, 0.05) is 0 Å². The van der Waals surface area contributed by atoms with Crippen molar-refractivity contribution in [3.8, 4) is 0 Å². The second-order valence-corrected chi connectivity index (χ2v) is 6.03. The van der Waals surface area contributed by atoms with Gasteiger partial charge in [0.15, 0.2) is 0 Å². The van der Waals surface area contributed by atoms with E-state index in [0.717, 1.165) is 4.48 Å². The molecule has 0 saturated carbocycles. The van der Waals surface area contributed by atoms with E-state index in [9.17, 15) is 0 Å². The van der Waals surface area contributed by atoms with Gasteiger partial charge in [-0.1, -0.05) is 12.2 Å². The molecule has 0 aromatic heterocycles. The molecule has 0 radical (unpaired) electrons. The van der Waals surface area contributed by atoms with Crippen LogP contribution in [0.15, 0.2) is 24.3 Å². The molecule has 0 spiro atoms. The predicted molar refractivity (Wildman–Crippen MR) is 51.8 cm³/mol. The topological polar surface area (TPSA) is 0 Å². The van der Waals surface area contributed by atoms with Crippen LogP contribution in [0.5, 0.6) is 0 Å². The standard InChI is InChI=1S/C8H14N.2ClH.Ti/c1-9(2,3)8-6-4-5-7-8;;;/h4-8H,1-3H3;2*1H;/q+1;;;+2/p-2. The van der Waals surface area contributed by atoms with E-state index in [2.05, 4.69) is 45.4 Å². The van der Waals surface area contributed by atoms with Gasteiger partial charge in [0.05, 0.1) is 21.1 Å². The number of allylic oxidation sites excluding steroid dienone is 2. The Hall–Kier alpha value is 0.734. The fourth-order valence-corrected chi connectivity index (χ4v) is 0.937. The summed E-state index contributed by atoms with van der Waals surface area (Å²) < 4.78 is 0.993. The first-order chi connectivity index (χ1) is 5.52. The molecule has 1 aliphatic carbocycles. The average Bonchev–Trinajstić information content (AvgIpc) is 2.36. The van der Waals surface area contributed by atoms with Crippen LogP contribution < -0.4 is 0 Å². The van der Waals surface area contributed by atoms with Crippen molar-refractivity contribution in [2.24, 2.45) is 0 Å². The van der Waals surface area contributed by atoms with E-state index in [1.165, 1.54) is 0 Å². The Morgan fingerprint density at radius 3 is 1.58 bits per heavy atom. The zero-order valence-electron chi connectivity index (χ0n) is 7.59. The minimum absolute atomic E-state index is 0.556. The fraction of sp³-hybridized carbons (Fsp3) is 0.500. The summed E-state index contributed by atoms with van der Waals surface area (Å²) in [5.41, 5.74) is 0. The quantitative estimate of drug-likeness (QED) is 0.490. The number of likely N-dealkylation sites (N-methyl/N-ethyl adjacent to an activating group) is 1. The zero-order valence-corrected chi connectivity index (χ0v) is 10.7. The second kappa shape index (κ2) is 6.23. The van der Waals surface area contributed by atoms with Crippen molar-refractivity contribution >= 4 is 18.6 Å². The summed E-state index contributed by atoms with van der Waals surface area (Å²) in [5, 5.41) is 0. The van der Waals surface area contributed by atoms with Gasteiger partial charge in [-0.3, -0.25) is 0 Å². The van der Waals surface area contributed by atoms with E-state index in [-0.39, 0.29) is 0 Å². The summed E-state index contributed by atoms with van der Waals surface area (Å²) >= 11 is -0.556. The molecule has 0 aromatic rings. The van der Waals surface area contributed by atoms with Crippen LogP contribution >= 0.6 is 18.6 Å². The summed E-state index contributed by atoms with van der Waals surface area (Å²) in [6.45, 7) is 0. The van der Waals surface area contributed by atoms with E-state index < -0.39 is 17.0 Å². The molecule has 0 N–H and O–H groups in total. The number of quaternary nitrogens is 1. The van der Waals surface area contributed by atoms with E-state index in [1.54, 1.807) is 0 Å². The molecule has 4 heteroatoms. The number of hydrogen-bond acceptors (Lipinski definition) is 0. The molecule has 0 aliphatic heterocycles. The molecule has 1 nitrogen and oxygen atoms in total. The summed E-state index contributed by atoms with van der Waals surface area (Å²) in [7, 11) is 16.4. The third kappa shape index (κ3) is 5.39. The normalized spacial score (nSPS) is 15.8. The van der Waals surface area contributed by atoms with Crippen LogP contribution in [-0.4, -0.2) is 31.7 Å². The molecule has 1 aliphatic rings. The van der Waals surface area contributed by atoms with Crippen molar-refractivity contribution in [3.05, 3.63) is 24.3 Å². The van der Waals surface area contributed by atoms with Crippen LogP contribution in [0, 0.1) is 0 Å². The van der Waals surface area contributed by atoms with E-state index in [1.807, 2.05) is 0 Å². The molecule has 12 heavy (non-hydrogen) atoms. The van der Waals surface area contributed by atoms with Gasteiger partial charge in [-0.15, -0.1) is 0 Å². The van der Waals surface area contributed by atoms with Crippen molar-refractivity contribution in [3.63, 3.8) is 0 Å². The molecular weight excluding hydrogens is 229 g/mol. The SMILES string of the molecule is C[N+](C)(C)C1C=CC=C1.[Cl][Ti][Cl]. The summed E-state index contributed by atoms with van der Waals surface area (Å²) in [4.78, 5) is 0. The van der Waals surface area contributed by atoms with Crippen LogP contribution in [0.2, 0.25) is 0 Å². The molecule has 1 rings (SSSR count). The number of nitrogens with zero attached hydrogens (tertiary/aromatic N) is 1. The first-order valence-electron chi connectivity index (χ1n) is 3.64. The molecule has 0 aromatic carbocycles.